The van der Waals surface area contributed by atoms with Crippen molar-refractivity contribution in [1.82, 2.24) is 14.5 Å². The molecule has 4 rings (SSSR count). The van der Waals surface area contributed by atoms with Gasteiger partial charge in [-0.05, 0) is 24.3 Å². The van der Waals surface area contributed by atoms with Crippen LogP contribution in [-0.4, -0.2) is 45.2 Å². The number of para-hydroxylation sites is 2. The standard InChI is InChI=1S/C20H21N3O3/c1-22-17-5-3-2-4-16(17)21-19(22)8-9-23-10-11-26-18-12-14(20(24)25)6-7-15(18)13-23/h2-7,12H,8-11,13H2,1H3,(H,24,25). The molecule has 2 heterocycles. The lowest BCUT2D eigenvalue weighted by molar-refractivity contribution is 0.0696. The molecule has 1 aliphatic heterocycles. The van der Waals surface area contributed by atoms with Gasteiger partial charge < -0.3 is 14.4 Å². The molecule has 0 saturated carbocycles. The predicted molar refractivity (Wildman–Crippen MR) is 98.6 cm³/mol. The zero-order valence-electron chi connectivity index (χ0n) is 14.7. The molecule has 26 heavy (non-hydrogen) atoms. The van der Waals surface area contributed by atoms with Crippen LogP contribution in [0.4, 0.5) is 0 Å². The minimum atomic E-state index is -0.931. The summed E-state index contributed by atoms with van der Waals surface area (Å²) in [5, 5.41) is 9.13. The number of imidazole rings is 1. The Labute approximate surface area is 151 Å². The first kappa shape index (κ1) is 16.6. The Balaban J connectivity index is 1.48. The molecule has 0 spiro atoms. The summed E-state index contributed by atoms with van der Waals surface area (Å²) in [4.78, 5) is 18.2. The lowest BCUT2D eigenvalue weighted by Gasteiger charge is -2.19. The number of benzene rings is 2. The number of fused-ring (bicyclic) bond motifs is 2. The van der Waals surface area contributed by atoms with Crippen LogP contribution in [0.15, 0.2) is 42.5 Å². The molecule has 0 fully saturated rings. The van der Waals surface area contributed by atoms with Gasteiger partial charge in [0.15, 0.2) is 0 Å². The van der Waals surface area contributed by atoms with E-state index >= 15 is 0 Å². The maximum Gasteiger partial charge on any atom is 0.335 e. The van der Waals surface area contributed by atoms with Gasteiger partial charge in [0.25, 0.3) is 0 Å². The summed E-state index contributed by atoms with van der Waals surface area (Å²) < 4.78 is 7.92. The van der Waals surface area contributed by atoms with Crippen molar-refractivity contribution in [3.05, 3.63) is 59.4 Å². The second-order valence-corrected chi connectivity index (χ2v) is 6.58. The first-order chi connectivity index (χ1) is 12.6. The Kier molecular flexibility index (Phi) is 4.34. The lowest BCUT2D eigenvalue weighted by Crippen LogP contribution is -2.28. The Hall–Kier alpha value is -2.86. The highest BCUT2D eigenvalue weighted by molar-refractivity contribution is 5.88. The van der Waals surface area contributed by atoms with Crippen LogP contribution in [0.5, 0.6) is 5.75 Å². The molecule has 1 aliphatic rings. The molecule has 6 nitrogen and oxygen atoms in total. The summed E-state index contributed by atoms with van der Waals surface area (Å²) in [6.07, 6.45) is 0.855. The van der Waals surface area contributed by atoms with Crippen molar-refractivity contribution in [2.75, 3.05) is 19.7 Å². The fourth-order valence-corrected chi connectivity index (χ4v) is 3.43. The molecule has 134 valence electrons. The van der Waals surface area contributed by atoms with Crippen molar-refractivity contribution in [2.45, 2.75) is 13.0 Å². The molecule has 0 saturated heterocycles. The van der Waals surface area contributed by atoms with Gasteiger partial charge in [0.1, 0.15) is 18.2 Å². The summed E-state index contributed by atoms with van der Waals surface area (Å²) in [5.74, 6) is 0.812. The number of carbonyl (C=O) groups is 1. The molecule has 3 aromatic rings. The van der Waals surface area contributed by atoms with E-state index in [0.717, 1.165) is 48.5 Å². The Morgan fingerprint density at radius 2 is 2.12 bits per heavy atom. The van der Waals surface area contributed by atoms with Crippen molar-refractivity contribution in [3.8, 4) is 5.75 Å². The van der Waals surface area contributed by atoms with Crippen LogP contribution >= 0.6 is 0 Å². The van der Waals surface area contributed by atoms with Crippen LogP contribution in [-0.2, 0) is 20.0 Å². The molecule has 0 unspecified atom stereocenters. The molecule has 0 amide bonds. The molecule has 0 atom stereocenters. The van der Waals surface area contributed by atoms with Gasteiger partial charge in [0, 0.05) is 38.7 Å². The lowest BCUT2D eigenvalue weighted by atomic mass is 10.1. The van der Waals surface area contributed by atoms with E-state index in [-0.39, 0.29) is 5.56 Å². The Morgan fingerprint density at radius 1 is 1.27 bits per heavy atom. The SMILES string of the molecule is Cn1c(CCN2CCOc3cc(C(=O)O)ccc3C2)nc2ccccc21. The van der Waals surface area contributed by atoms with Crippen molar-refractivity contribution in [1.29, 1.82) is 0 Å². The van der Waals surface area contributed by atoms with Crippen LogP contribution < -0.4 is 4.74 Å². The highest BCUT2D eigenvalue weighted by atomic mass is 16.5. The zero-order valence-corrected chi connectivity index (χ0v) is 14.7. The zero-order chi connectivity index (χ0) is 18.1. The fourth-order valence-electron chi connectivity index (χ4n) is 3.43. The first-order valence-corrected chi connectivity index (χ1v) is 8.73. The molecule has 0 radical (unpaired) electrons. The number of nitrogens with zero attached hydrogens (tertiary/aromatic N) is 3. The van der Waals surface area contributed by atoms with Crippen LogP contribution in [0.25, 0.3) is 11.0 Å². The number of ether oxygens (including phenoxy) is 1. The summed E-state index contributed by atoms with van der Waals surface area (Å²) in [6.45, 7) is 2.99. The Bertz CT molecular complexity index is 964. The quantitative estimate of drug-likeness (QED) is 0.783. The second-order valence-electron chi connectivity index (χ2n) is 6.58. The van der Waals surface area contributed by atoms with E-state index in [1.807, 2.05) is 24.3 Å². The number of hydrogen-bond acceptors (Lipinski definition) is 4. The average Bonchev–Trinajstić information content (AvgIpc) is 2.83. The summed E-state index contributed by atoms with van der Waals surface area (Å²) in [6, 6.07) is 13.3. The highest BCUT2D eigenvalue weighted by Crippen LogP contribution is 2.25. The van der Waals surface area contributed by atoms with E-state index in [0.29, 0.717) is 12.4 Å². The topological polar surface area (TPSA) is 67.6 Å². The number of aromatic nitrogens is 2. The first-order valence-electron chi connectivity index (χ1n) is 8.73. The van der Waals surface area contributed by atoms with E-state index < -0.39 is 5.97 Å². The maximum absolute atomic E-state index is 11.1. The van der Waals surface area contributed by atoms with Gasteiger partial charge >= 0.3 is 5.97 Å². The predicted octanol–water partition coefficient (Wildman–Crippen LogP) is 2.71. The minimum absolute atomic E-state index is 0.261. The Morgan fingerprint density at radius 3 is 2.92 bits per heavy atom. The molecular formula is C20H21N3O3. The van der Waals surface area contributed by atoms with Crippen molar-refractivity contribution >= 4 is 17.0 Å². The van der Waals surface area contributed by atoms with Crippen molar-refractivity contribution in [2.24, 2.45) is 7.05 Å². The van der Waals surface area contributed by atoms with Gasteiger partial charge in [-0.25, -0.2) is 9.78 Å². The van der Waals surface area contributed by atoms with Gasteiger partial charge in [-0.2, -0.15) is 0 Å². The van der Waals surface area contributed by atoms with E-state index in [9.17, 15) is 4.79 Å². The normalized spacial score (nSPS) is 14.7. The number of rotatable bonds is 4. The number of aromatic carboxylic acids is 1. The summed E-state index contributed by atoms with van der Waals surface area (Å²) in [7, 11) is 2.05. The minimum Gasteiger partial charge on any atom is -0.492 e. The average molecular weight is 351 g/mol. The molecule has 6 heteroatoms. The molecule has 1 N–H and O–H groups in total. The highest BCUT2D eigenvalue weighted by Gasteiger charge is 2.18. The van der Waals surface area contributed by atoms with Gasteiger partial charge in [-0.15, -0.1) is 0 Å². The van der Waals surface area contributed by atoms with Gasteiger partial charge in [-0.1, -0.05) is 18.2 Å². The van der Waals surface area contributed by atoms with E-state index in [1.54, 1.807) is 12.1 Å². The number of aryl methyl sites for hydroxylation is 1. The van der Waals surface area contributed by atoms with E-state index in [2.05, 4.69) is 22.6 Å². The van der Waals surface area contributed by atoms with Crippen molar-refractivity contribution in [3.63, 3.8) is 0 Å². The van der Waals surface area contributed by atoms with Gasteiger partial charge in [0.2, 0.25) is 0 Å². The number of carboxylic acids is 1. The van der Waals surface area contributed by atoms with Crippen LogP contribution in [0, 0.1) is 0 Å². The molecular weight excluding hydrogens is 330 g/mol. The number of hydrogen-bond donors (Lipinski definition) is 1. The van der Waals surface area contributed by atoms with Gasteiger partial charge in [0.05, 0.1) is 16.6 Å². The van der Waals surface area contributed by atoms with Crippen LogP contribution in [0.3, 0.4) is 0 Å². The van der Waals surface area contributed by atoms with E-state index in [4.69, 9.17) is 14.8 Å². The summed E-state index contributed by atoms with van der Waals surface area (Å²) >= 11 is 0. The third-order valence-corrected chi connectivity index (χ3v) is 4.90. The number of carboxylic acid groups (broad SMARTS) is 1. The maximum atomic E-state index is 11.1. The fraction of sp³-hybridized carbons (Fsp3) is 0.300. The van der Waals surface area contributed by atoms with Crippen LogP contribution in [0.1, 0.15) is 21.7 Å². The summed E-state index contributed by atoms with van der Waals surface area (Å²) in [5.41, 5.74) is 3.46. The van der Waals surface area contributed by atoms with Crippen LogP contribution in [0.2, 0.25) is 0 Å². The van der Waals surface area contributed by atoms with Crippen molar-refractivity contribution < 1.29 is 14.6 Å². The van der Waals surface area contributed by atoms with E-state index in [1.165, 1.54) is 0 Å². The van der Waals surface area contributed by atoms with Gasteiger partial charge in [-0.3, -0.25) is 4.90 Å². The largest absolute Gasteiger partial charge is 0.492 e. The monoisotopic (exact) mass is 351 g/mol. The second kappa shape index (κ2) is 6.80. The molecule has 2 aromatic carbocycles. The molecule has 1 aromatic heterocycles. The molecule has 0 bridgehead atoms. The smallest absolute Gasteiger partial charge is 0.335 e. The third kappa shape index (κ3) is 3.15. The third-order valence-electron chi connectivity index (χ3n) is 4.90. The molecule has 0 aliphatic carbocycles.